The minimum Gasteiger partial charge on any atom is -0.387 e. The van der Waals surface area contributed by atoms with Crippen LogP contribution in [0, 0.1) is 6.92 Å². The van der Waals surface area contributed by atoms with E-state index in [4.69, 9.17) is 8.92 Å². The number of ether oxygens (including phenoxy) is 1. The van der Waals surface area contributed by atoms with Crippen molar-refractivity contribution in [1.29, 1.82) is 0 Å². The standard InChI is InChI=1S/C13H18O8S/c1-7-2-4-8(5-3-7)22(18,19)20-6-9-10(14)11(15)12(16)13(17)21-9/h2-5,9-17H,6H2,1H3/t9-,10-,11+,12-,13+/m1/s1. The van der Waals surface area contributed by atoms with Crippen molar-refractivity contribution in [2.45, 2.75) is 42.5 Å². The maximum Gasteiger partial charge on any atom is 0.297 e. The molecule has 124 valence electrons. The van der Waals surface area contributed by atoms with Crippen LogP contribution in [-0.4, -0.2) is 66.2 Å². The van der Waals surface area contributed by atoms with Crippen LogP contribution in [0.25, 0.3) is 0 Å². The van der Waals surface area contributed by atoms with Gasteiger partial charge in [0.25, 0.3) is 10.1 Å². The zero-order valence-electron chi connectivity index (χ0n) is 11.7. The van der Waals surface area contributed by atoms with Crippen molar-refractivity contribution < 1.29 is 37.8 Å². The summed E-state index contributed by atoms with van der Waals surface area (Å²) in [7, 11) is -4.07. The van der Waals surface area contributed by atoms with E-state index in [1.165, 1.54) is 12.1 Å². The fraction of sp³-hybridized carbons (Fsp3) is 0.538. The minimum absolute atomic E-state index is 0.0652. The minimum atomic E-state index is -4.07. The van der Waals surface area contributed by atoms with E-state index in [1.807, 2.05) is 0 Å². The van der Waals surface area contributed by atoms with Crippen LogP contribution < -0.4 is 0 Å². The molecule has 0 aliphatic carbocycles. The van der Waals surface area contributed by atoms with Gasteiger partial charge in [0.15, 0.2) is 6.29 Å². The van der Waals surface area contributed by atoms with Crippen LogP contribution in [-0.2, 0) is 19.0 Å². The fourth-order valence-electron chi connectivity index (χ4n) is 2.00. The molecule has 1 aliphatic rings. The molecule has 9 heteroatoms. The number of hydrogen-bond donors (Lipinski definition) is 4. The first-order valence-corrected chi connectivity index (χ1v) is 7.97. The summed E-state index contributed by atoms with van der Waals surface area (Å²) in [5.41, 5.74) is 0.880. The molecule has 1 aromatic carbocycles. The Hall–Kier alpha value is -1.07. The summed E-state index contributed by atoms with van der Waals surface area (Å²) in [5.74, 6) is 0. The lowest BCUT2D eigenvalue weighted by atomic mass is 10.00. The molecule has 0 radical (unpaired) electrons. The molecule has 1 aliphatic heterocycles. The average molecular weight is 334 g/mol. The molecule has 0 spiro atoms. The molecule has 0 amide bonds. The molecular weight excluding hydrogens is 316 g/mol. The van der Waals surface area contributed by atoms with Gasteiger partial charge in [-0.15, -0.1) is 0 Å². The molecule has 4 N–H and O–H groups in total. The first-order chi connectivity index (χ1) is 10.2. The quantitative estimate of drug-likeness (QED) is 0.489. The molecule has 0 aromatic heterocycles. The first-order valence-electron chi connectivity index (χ1n) is 6.56. The van der Waals surface area contributed by atoms with Gasteiger partial charge in [-0.1, -0.05) is 17.7 Å². The smallest absolute Gasteiger partial charge is 0.297 e. The van der Waals surface area contributed by atoms with Crippen LogP contribution in [0.1, 0.15) is 5.56 Å². The van der Waals surface area contributed by atoms with Gasteiger partial charge in [0.2, 0.25) is 0 Å². The Labute approximate surface area is 127 Å². The van der Waals surface area contributed by atoms with E-state index in [0.717, 1.165) is 5.56 Å². The number of benzene rings is 1. The monoisotopic (exact) mass is 334 g/mol. The van der Waals surface area contributed by atoms with Gasteiger partial charge < -0.3 is 25.2 Å². The van der Waals surface area contributed by atoms with Crippen molar-refractivity contribution in [3.8, 4) is 0 Å². The summed E-state index contributed by atoms with van der Waals surface area (Å²) >= 11 is 0. The van der Waals surface area contributed by atoms with Crippen LogP contribution in [0.4, 0.5) is 0 Å². The summed E-state index contributed by atoms with van der Waals surface area (Å²) in [4.78, 5) is -0.0652. The summed E-state index contributed by atoms with van der Waals surface area (Å²) in [6.07, 6.45) is -7.98. The molecule has 1 fully saturated rings. The highest BCUT2D eigenvalue weighted by molar-refractivity contribution is 7.86. The summed E-state index contributed by atoms with van der Waals surface area (Å²) in [6, 6.07) is 5.95. The molecule has 0 bridgehead atoms. The van der Waals surface area contributed by atoms with Gasteiger partial charge in [0.1, 0.15) is 24.4 Å². The molecule has 2 rings (SSSR count). The van der Waals surface area contributed by atoms with Crippen LogP contribution in [0.15, 0.2) is 29.2 Å². The Morgan fingerprint density at radius 3 is 2.23 bits per heavy atom. The highest BCUT2D eigenvalue weighted by Gasteiger charge is 2.43. The van der Waals surface area contributed by atoms with E-state index in [0.29, 0.717) is 0 Å². The van der Waals surface area contributed by atoms with Gasteiger partial charge in [-0.25, -0.2) is 0 Å². The van der Waals surface area contributed by atoms with Crippen LogP contribution >= 0.6 is 0 Å². The zero-order chi connectivity index (χ0) is 16.5. The molecular formula is C13H18O8S. The second-order valence-corrected chi connectivity index (χ2v) is 6.70. The summed E-state index contributed by atoms with van der Waals surface area (Å²) in [5, 5.41) is 37.9. The van der Waals surface area contributed by atoms with E-state index in [-0.39, 0.29) is 4.90 Å². The Morgan fingerprint density at radius 1 is 1.05 bits per heavy atom. The van der Waals surface area contributed by atoms with E-state index in [9.17, 15) is 28.8 Å². The van der Waals surface area contributed by atoms with E-state index in [1.54, 1.807) is 19.1 Å². The lowest BCUT2D eigenvalue weighted by molar-refractivity contribution is -0.285. The SMILES string of the molecule is Cc1ccc(S(=O)(=O)OC[C@H]2O[C@H](O)[C@H](O)[C@@H](O)[C@@H]2O)cc1. The predicted molar refractivity (Wildman–Crippen MR) is 73.2 cm³/mol. The molecule has 8 nitrogen and oxygen atoms in total. The van der Waals surface area contributed by atoms with Crippen molar-refractivity contribution in [3.63, 3.8) is 0 Å². The Morgan fingerprint density at radius 2 is 1.64 bits per heavy atom. The number of aryl methyl sites for hydroxylation is 1. The first kappa shape index (κ1) is 17.3. The Balaban J connectivity index is 2.04. The second-order valence-electron chi connectivity index (χ2n) is 5.09. The van der Waals surface area contributed by atoms with Crippen LogP contribution in [0.3, 0.4) is 0 Å². The number of aliphatic hydroxyl groups is 4. The maximum absolute atomic E-state index is 12.0. The van der Waals surface area contributed by atoms with Crippen molar-refractivity contribution in [2.75, 3.05) is 6.61 Å². The lowest BCUT2D eigenvalue weighted by Gasteiger charge is -2.37. The average Bonchev–Trinajstić information content (AvgIpc) is 2.48. The summed E-state index contributed by atoms with van der Waals surface area (Å²) in [6.45, 7) is 1.19. The zero-order valence-corrected chi connectivity index (χ0v) is 12.5. The van der Waals surface area contributed by atoms with Crippen molar-refractivity contribution >= 4 is 10.1 Å². The molecule has 1 aromatic rings. The predicted octanol–water partition coefficient (Wildman–Crippen LogP) is -1.50. The van der Waals surface area contributed by atoms with Crippen molar-refractivity contribution in [1.82, 2.24) is 0 Å². The normalized spacial score (nSPS) is 32.9. The lowest BCUT2D eigenvalue weighted by Crippen LogP contribution is -2.58. The molecule has 0 unspecified atom stereocenters. The molecule has 1 saturated heterocycles. The van der Waals surface area contributed by atoms with Crippen LogP contribution in [0.5, 0.6) is 0 Å². The van der Waals surface area contributed by atoms with Gasteiger partial charge in [0.05, 0.1) is 11.5 Å². The van der Waals surface area contributed by atoms with Gasteiger partial charge in [0, 0.05) is 0 Å². The largest absolute Gasteiger partial charge is 0.387 e. The third-order valence-corrected chi connectivity index (χ3v) is 4.68. The Kier molecular flexibility index (Phi) is 5.17. The molecule has 0 saturated carbocycles. The molecule has 22 heavy (non-hydrogen) atoms. The third-order valence-electron chi connectivity index (χ3n) is 3.38. The second kappa shape index (κ2) is 6.59. The number of aliphatic hydroxyl groups excluding tert-OH is 4. The highest BCUT2D eigenvalue weighted by Crippen LogP contribution is 2.21. The van der Waals surface area contributed by atoms with E-state index < -0.39 is 47.4 Å². The third kappa shape index (κ3) is 3.63. The van der Waals surface area contributed by atoms with Gasteiger partial charge in [-0.2, -0.15) is 8.42 Å². The van der Waals surface area contributed by atoms with Gasteiger partial charge in [-0.3, -0.25) is 4.18 Å². The van der Waals surface area contributed by atoms with Crippen LogP contribution in [0.2, 0.25) is 0 Å². The van der Waals surface area contributed by atoms with E-state index >= 15 is 0 Å². The van der Waals surface area contributed by atoms with Gasteiger partial charge >= 0.3 is 0 Å². The Bertz CT molecular complexity index is 599. The molecule has 1 heterocycles. The maximum atomic E-state index is 12.0. The number of rotatable bonds is 4. The fourth-order valence-corrected chi connectivity index (χ4v) is 2.92. The van der Waals surface area contributed by atoms with Gasteiger partial charge in [-0.05, 0) is 19.1 Å². The van der Waals surface area contributed by atoms with Crippen molar-refractivity contribution in [2.24, 2.45) is 0 Å². The highest BCUT2D eigenvalue weighted by atomic mass is 32.2. The van der Waals surface area contributed by atoms with E-state index in [2.05, 4.69) is 0 Å². The number of hydrogen-bond acceptors (Lipinski definition) is 8. The van der Waals surface area contributed by atoms with Crippen molar-refractivity contribution in [3.05, 3.63) is 29.8 Å². The topological polar surface area (TPSA) is 134 Å². The summed E-state index contributed by atoms with van der Waals surface area (Å²) < 4.78 is 33.6. The molecule has 5 atom stereocenters.